The third-order valence-corrected chi connectivity index (χ3v) is 4.71. The summed E-state index contributed by atoms with van der Waals surface area (Å²) in [4.78, 5) is 13.4. The number of nitrogens with zero attached hydrogens (tertiary/aromatic N) is 1. The van der Waals surface area contributed by atoms with E-state index in [4.69, 9.17) is 0 Å². The van der Waals surface area contributed by atoms with Gasteiger partial charge in [0, 0.05) is 19.1 Å². The van der Waals surface area contributed by atoms with Crippen molar-refractivity contribution in [3.05, 3.63) is 35.4 Å². The molecule has 1 aliphatic carbocycles. The lowest BCUT2D eigenvalue weighted by Crippen LogP contribution is -2.44. The number of fused-ring (bicyclic) bond motifs is 1. The van der Waals surface area contributed by atoms with Crippen LogP contribution in [-0.2, 0) is 12.8 Å². The van der Waals surface area contributed by atoms with Crippen LogP contribution in [0.15, 0.2) is 24.3 Å². The number of urea groups is 1. The Morgan fingerprint density at radius 1 is 1.21 bits per heavy atom. The van der Waals surface area contributed by atoms with Gasteiger partial charge in [0.2, 0.25) is 0 Å². The maximum absolute atomic E-state index is 12.4. The van der Waals surface area contributed by atoms with Gasteiger partial charge in [0.25, 0.3) is 0 Å². The van der Waals surface area contributed by atoms with Crippen molar-refractivity contribution in [2.24, 2.45) is 5.92 Å². The zero-order valence-electron chi connectivity index (χ0n) is 13.4. The molecule has 132 valence electrons. The number of rotatable bonds is 4. The highest BCUT2D eigenvalue weighted by molar-refractivity contribution is 5.74. The molecule has 1 heterocycles. The second kappa shape index (κ2) is 7.01. The maximum Gasteiger partial charge on any atom is 0.401 e. The van der Waals surface area contributed by atoms with Crippen LogP contribution < -0.4 is 10.6 Å². The first-order chi connectivity index (χ1) is 11.4. The highest BCUT2D eigenvalue weighted by atomic mass is 19.4. The number of hydrogen-bond acceptors (Lipinski definition) is 2. The van der Waals surface area contributed by atoms with Gasteiger partial charge in [-0.1, -0.05) is 24.3 Å². The summed E-state index contributed by atoms with van der Waals surface area (Å²) >= 11 is 0. The number of nitrogens with one attached hydrogen (secondary N) is 2. The molecule has 0 aromatic heterocycles. The van der Waals surface area contributed by atoms with Gasteiger partial charge in [-0.3, -0.25) is 4.90 Å². The molecule has 7 heteroatoms. The van der Waals surface area contributed by atoms with Crippen LogP contribution in [0.3, 0.4) is 0 Å². The molecule has 4 nitrogen and oxygen atoms in total. The highest BCUT2D eigenvalue weighted by Gasteiger charge is 2.34. The van der Waals surface area contributed by atoms with E-state index < -0.39 is 12.7 Å². The van der Waals surface area contributed by atoms with E-state index in [9.17, 15) is 18.0 Å². The van der Waals surface area contributed by atoms with Gasteiger partial charge >= 0.3 is 12.2 Å². The van der Waals surface area contributed by atoms with Crippen LogP contribution in [-0.4, -0.2) is 49.3 Å². The lowest BCUT2D eigenvalue weighted by Gasteiger charge is -2.18. The monoisotopic (exact) mass is 341 g/mol. The lowest BCUT2D eigenvalue weighted by molar-refractivity contribution is -0.143. The van der Waals surface area contributed by atoms with E-state index in [1.54, 1.807) is 0 Å². The van der Waals surface area contributed by atoms with Crippen LogP contribution >= 0.6 is 0 Å². The minimum Gasteiger partial charge on any atom is -0.338 e. The first-order valence-corrected chi connectivity index (χ1v) is 8.29. The molecule has 2 aliphatic rings. The Kier molecular flexibility index (Phi) is 4.99. The summed E-state index contributed by atoms with van der Waals surface area (Å²) in [6, 6.07) is 7.99. The summed E-state index contributed by atoms with van der Waals surface area (Å²) in [6.45, 7) is 0.371. The van der Waals surface area contributed by atoms with Crippen molar-refractivity contribution in [2.45, 2.75) is 31.5 Å². The normalized spacial score (nSPS) is 21.7. The highest BCUT2D eigenvalue weighted by Crippen LogP contribution is 2.23. The van der Waals surface area contributed by atoms with Crippen molar-refractivity contribution in [1.29, 1.82) is 0 Å². The second-order valence-electron chi connectivity index (χ2n) is 6.73. The number of carbonyl (C=O) groups is 1. The van der Waals surface area contributed by atoms with E-state index in [1.807, 2.05) is 12.1 Å². The predicted molar refractivity (Wildman–Crippen MR) is 84.8 cm³/mol. The quantitative estimate of drug-likeness (QED) is 0.883. The zero-order valence-corrected chi connectivity index (χ0v) is 13.4. The van der Waals surface area contributed by atoms with Crippen molar-refractivity contribution < 1.29 is 18.0 Å². The fourth-order valence-electron chi connectivity index (χ4n) is 3.61. The smallest absolute Gasteiger partial charge is 0.338 e. The molecule has 24 heavy (non-hydrogen) atoms. The predicted octanol–water partition coefficient (Wildman–Crippen LogP) is 2.34. The van der Waals surface area contributed by atoms with Crippen molar-refractivity contribution in [3.8, 4) is 0 Å². The third-order valence-electron chi connectivity index (χ3n) is 4.71. The molecule has 0 saturated carbocycles. The second-order valence-corrected chi connectivity index (χ2v) is 6.73. The van der Waals surface area contributed by atoms with E-state index in [2.05, 4.69) is 22.8 Å². The average molecular weight is 341 g/mol. The Bertz CT molecular complexity index is 566. The Balaban J connectivity index is 1.37. The molecule has 0 bridgehead atoms. The van der Waals surface area contributed by atoms with Gasteiger partial charge in [0.1, 0.15) is 0 Å². The SMILES string of the molecule is O=C(NCC1CCN(CC(F)(F)F)C1)NC1Cc2ccccc2C1. The largest absolute Gasteiger partial charge is 0.401 e. The number of amides is 2. The number of alkyl halides is 3. The summed E-state index contributed by atoms with van der Waals surface area (Å²) in [7, 11) is 0. The van der Waals surface area contributed by atoms with Crippen LogP contribution in [0.25, 0.3) is 0 Å². The summed E-state index contributed by atoms with van der Waals surface area (Å²) < 4.78 is 37.1. The zero-order chi connectivity index (χ0) is 17.2. The number of halogens is 3. The number of benzene rings is 1. The lowest BCUT2D eigenvalue weighted by atomic mass is 10.1. The van der Waals surface area contributed by atoms with Crippen LogP contribution in [0, 0.1) is 5.92 Å². The molecule has 1 fully saturated rings. The summed E-state index contributed by atoms with van der Waals surface area (Å²) in [6.07, 6.45) is -1.82. The maximum atomic E-state index is 12.4. The number of hydrogen-bond donors (Lipinski definition) is 2. The summed E-state index contributed by atoms with van der Waals surface area (Å²) in [5, 5.41) is 5.76. The van der Waals surface area contributed by atoms with E-state index in [0.29, 0.717) is 26.1 Å². The fourth-order valence-corrected chi connectivity index (χ4v) is 3.61. The van der Waals surface area contributed by atoms with Crippen molar-refractivity contribution in [2.75, 3.05) is 26.2 Å². The molecule has 1 atom stereocenters. The van der Waals surface area contributed by atoms with Crippen molar-refractivity contribution in [3.63, 3.8) is 0 Å². The van der Waals surface area contributed by atoms with Crippen LogP contribution in [0.5, 0.6) is 0 Å². The molecular weight excluding hydrogens is 319 g/mol. The topological polar surface area (TPSA) is 44.4 Å². The van der Waals surface area contributed by atoms with Gasteiger partial charge in [0.15, 0.2) is 0 Å². The van der Waals surface area contributed by atoms with Gasteiger partial charge in [0.05, 0.1) is 6.54 Å². The van der Waals surface area contributed by atoms with Crippen LogP contribution in [0.1, 0.15) is 17.5 Å². The average Bonchev–Trinajstić information content (AvgIpc) is 3.09. The van der Waals surface area contributed by atoms with Gasteiger partial charge in [-0.05, 0) is 42.9 Å². The molecule has 3 rings (SSSR count). The summed E-state index contributed by atoms with van der Waals surface area (Å²) in [5.74, 6) is 0.0823. The van der Waals surface area contributed by atoms with E-state index in [1.165, 1.54) is 16.0 Å². The van der Waals surface area contributed by atoms with Crippen molar-refractivity contribution >= 4 is 6.03 Å². The number of likely N-dealkylation sites (tertiary alicyclic amines) is 1. The first kappa shape index (κ1) is 17.1. The number of carbonyl (C=O) groups excluding carboxylic acids is 1. The van der Waals surface area contributed by atoms with Crippen molar-refractivity contribution in [1.82, 2.24) is 15.5 Å². The van der Waals surface area contributed by atoms with E-state index >= 15 is 0 Å². The molecule has 1 unspecified atom stereocenters. The third kappa shape index (κ3) is 4.63. The molecule has 0 spiro atoms. The molecule has 1 aromatic rings. The minimum atomic E-state index is -4.16. The van der Waals surface area contributed by atoms with Gasteiger partial charge in [-0.15, -0.1) is 0 Å². The van der Waals surface area contributed by atoms with Crippen LogP contribution in [0.4, 0.5) is 18.0 Å². The summed E-state index contributed by atoms with van der Waals surface area (Å²) in [5.41, 5.74) is 2.53. The van der Waals surface area contributed by atoms with Gasteiger partial charge in [-0.25, -0.2) is 4.79 Å². The fraction of sp³-hybridized carbons (Fsp3) is 0.588. The van der Waals surface area contributed by atoms with Gasteiger partial charge in [-0.2, -0.15) is 13.2 Å². The minimum absolute atomic E-state index is 0.0823. The molecule has 1 aliphatic heterocycles. The standard InChI is InChI=1S/C17H22F3N3O/c18-17(19,20)11-23-6-5-12(10-23)9-21-16(24)22-15-7-13-3-1-2-4-14(13)8-15/h1-4,12,15H,5-11H2,(H2,21,22,24). The van der Waals surface area contributed by atoms with Gasteiger partial charge < -0.3 is 10.6 Å². The van der Waals surface area contributed by atoms with E-state index in [0.717, 1.165) is 12.8 Å². The Morgan fingerprint density at radius 2 is 1.88 bits per heavy atom. The van der Waals surface area contributed by atoms with Crippen LogP contribution in [0.2, 0.25) is 0 Å². The molecule has 1 aromatic carbocycles. The molecule has 2 amide bonds. The first-order valence-electron chi connectivity index (χ1n) is 8.29. The Labute approximate surface area is 139 Å². The molecule has 2 N–H and O–H groups in total. The molecule has 1 saturated heterocycles. The Morgan fingerprint density at radius 3 is 2.50 bits per heavy atom. The molecular formula is C17H22F3N3O. The Hall–Kier alpha value is -1.76. The van der Waals surface area contributed by atoms with E-state index in [-0.39, 0.29) is 18.0 Å². The molecule has 0 radical (unpaired) electrons.